The van der Waals surface area contributed by atoms with Crippen LogP contribution in [-0.2, 0) is 21.7 Å². The number of hydrogen-bond acceptors (Lipinski definition) is 0. The molecule has 0 spiro atoms. The van der Waals surface area contributed by atoms with Crippen molar-refractivity contribution < 1.29 is 46.5 Å². The molecule has 0 aliphatic rings. The van der Waals surface area contributed by atoms with Crippen molar-refractivity contribution >= 4 is 0 Å². The van der Waals surface area contributed by atoms with Gasteiger partial charge in [-0.2, -0.15) is 0 Å². The van der Waals surface area contributed by atoms with Crippen molar-refractivity contribution in [3.63, 3.8) is 0 Å². The summed E-state index contributed by atoms with van der Waals surface area (Å²) in [7, 11) is 0. The van der Waals surface area contributed by atoms with Gasteiger partial charge in [0.2, 0.25) is 0 Å². The van der Waals surface area contributed by atoms with E-state index in [1.807, 2.05) is 0 Å². The Bertz CT molecular complexity index is 23.7. The third-order valence-electron chi connectivity index (χ3n) is 0.177. The summed E-state index contributed by atoms with van der Waals surface area (Å²) < 4.78 is 0. The zero-order chi connectivity index (χ0) is 3.41. The van der Waals surface area contributed by atoms with Crippen LogP contribution in [0.3, 0.4) is 0 Å². The normalized spacial score (nSPS) is 3.00. The van der Waals surface area contributed by atoms with E-state index in [4.69, 9.17) is 0 Å². The number of hydrogen-bond donors (Lipinski definition) is 0. The Morgan fingerprint density at radius 1 is 1.43 bits per heavy atom. The summed E-state index contributed by atoms with van der Waals surface area (Å²) in [5.41, 5.74) is 0. The van der Waals surface area contributed by atoms with E-state index in [0.717, 1.165) is 0 Å². The van der Waals surface area contributed by atoms with Gasteiger partial charge in [-0.25, -0.2) is 0 Å². The van der Waals surface area contributed by atoms with Gasteiger partial charge in [-0.15, -0.1) is 0 Å². The monoisotopic (exact) mass is 172 g/mol. The minimum absolute atomic E-state index is 0. The maximum Gasteiger partial charge on any atom is 2.00 e. The molecule has 0 nitrogen and oxygen atoms in total. The van der Waals surface area contributed by atoms with Crippen molar-refractivity contribution in [3.8, 4) is 0 Å². The molecule has 0 saturated heterocycles. The van der Waals surface area contributed by atoms with Gasteiger partial charge < -0.3 is 24.8 Å². The van der Waals surface area contributed by atoms with Crippen LogP contribution in [0.15, 0.2) is 6.58 Å². The van der Waals surface area contributed by atoms with Gasteiger partial charge >= 0.3 is 21.7 Å². The van der Waals surface area contributed by atoms with Gasteiger partial charge in [-0.3, -0.25) is 6.92 Å². The van der Waals surface area contributed by atoms with E-state index in [2.05, 4.69) is 19.6 Å². The van der Waals surface area contributed by atoms with E-state index in [9.17, 15) is 0 Å². The molecule has 3 heteroatoms. The molecule has 0 atom stereocenters. The molecule has 0 radical (unpaired) electrons. The summed E-state index contributed by atoms with van der Waals surface area (Å²) in [6, 6.07) is 0. The van der Waals surface area contributed by atoms with Gasteiger partial charge in [0.15, 0.2) is 6.08 Å². The van der Waals surface area contributed by atoms with E-state index < -0.39 is 0 Å². The molecule has 0 unspecified atom stereocenters. The zero-order valence-corrected chi connectivity index (χ0v) is 6.95. The summed E-state index contributed by atoms with van der Waals surface area (Å²) in [6.07, 6.45) is 3.28. The Morgan fingerprint density at radius 3 is 1.57 bits per heavy atom. The zero-order valence-electron chi connectivity index (χ0n) is 3.88. The Hall–Kier alpha value is 0.944. The third kappa shape index (κ3) is 44.9. The fourth-order valence-corrected chi connectivity index (χ4v) is 0. The van der Waals surface area contributed by atoms with E-state index in [0.29, 0.717) is 6.42 Å². The molecule has 0 amide bonds. The molecule has 0 aliphatic carbocycles. The summed E-state index contributed by atoms with van der Waals surface area (Å²) in [5.74, 6) is 0. The quantitative estimate of drug-likeness (QED) is 0.275. The van der Waals surface area contributed by atoms with Crippen molar-refractivity contribution in [2.75, 3.05) is 0 Å². The van der Waals surface area contributed by atoms with E-state index >= 15 is 0 Å². The fourth-order valence-electron chi connectivity index (χ4n) is 0. The van der Waals surface area contributed by atoms with Crippen molar-refractivity contribution in [2.45, 2.75) is 6.42 Å². The van der Waals surface area contributed by atoms with Crippen LogP contribution >= 0.6 is 0 Å². The number of allylic oxidation sites excluding steroid dienone is 1. The van der Waals surface area contributed by atoms with Gasteiger partial charge in [-0.05, 0) is 0 Å². The average Bonchev–Trinajstić information content (AvgIpc) is 1.37. The van der Waals surface area contributed by atoms with Gasteiger partial charge in [0, 0.05) is 6.42 Å². The molecule has 0 saturated carbocycles. The smallest absolute Gasteiger partial charge is 1.00 e. The standard InChI is InChI=1S/C4H6.2ClH.Ti/c1-3-4-2;;;/h1-3H2;2*1H;/q;;;+2/p-2. The van der Waals surface area contributed by atoms with Crippen LogP contribution in [-0.4, -0.2) is 0 Å². The summed E-state index contributed by atoms with van der Waals surface area (Å²) in [6.45, 7) is 6.72. The maximum absolute atomic E-state index is 3.43. The van der Waals surface area contributed by atoms with Crippen molar-refractivity contribution in [3.05, 3.63) is 19.6 Å². The van der Waals surface area contributed by atoms with Crippen LogP contribution in [0.4, 0.5) is 0 Å². The van der Waals surface area contributed by atoms with Crippen LogP contribution in [0.25, 0.3) is 0 Å². The maximum atomic E-state index is 3.43. The molecule has 0 aromatic rings. The van der Waals surface area contributed by atoms with Crippen molar-refractivity contribution in [2.24, 2.45) is 0 Å². The van der Waals surface area contributed by atoms with Crippen LogP contribution in [0.2, 0.25) is 0 Å². The second kappa shape index (κ2) is 28.3. The molecular formula is C4H6Cl2Ti. The Labute approximate surface area is 72.5 Å². The first-order valence-electron chi connectivity index (χ1n) is 1.21. The molecule has 0 heterocycles. The van der Waals surface area contributed by atoms with Gasteiger partial charge in [0.05, 0.1) is 0 Å². The third-order valence-corrected chi connectivity index (χ3v) is 0.177. The Morgan fingerprint density at radius 2 is 1.57 bits per heavy atom. The Balaban J connectivity index is -0.0000000150. The first-order valence-corrected chi connectivity index (χ1v) is 1.21. The molecule has 0 aromatic carbocycles. The van der Waals surface area contributed by atoms with Crippen LogP contribution in [0, 0.1) is 13.0 Å². The molecule has 0 N–H and O–H groups in total. The second-order valence-corrected chi connectivity index (χ2v) is 0.500. The molecule has 0 rings (SSSR count). The largest absolute Gasteiger partial charge is 2.00 e. The number of rotatable bonds is 1. The second-order valence-electron chi connectivity index (χ2n) is 0.500. The van der Waals surface area contributed by atoms with Gasteiger partial charge in [-0.1, -0.05) is 0 Å². The molecule has 0 fully saturated rings. The van der Waals surface area contributed by atoms with Gasteiger partial charge in [0.1, 0.15) is 6.58 Å². The molecule has 0 aliphatic heterocycles. The van der Waals surface area contributed by atoms with E-state index in [1.54, 1.807) is 0 Å². The molecule has 0 aromatic heterocycles. The molecule has 40 valence electrons. The minimum Gasteiger partial charge on any atom is -1.00 e. The average molecular weight is 173 g/mol. The van der Waals surface area contributed by atoms with Crippen LogP contribution in [0.1, 0.15) is 6.42 Å². The fraction of sp³-hybridized carbons (Fsp3) is 0.250. The summed E-state index contributed by atoms with van der Waals surface area (Å²) in [4.78, 5) is 0. The van der Waals surface area contributed by atoms with E-state index in [1.165, 1.54) is 0 Å². The van der Waals surface area contributed by atoms with E-state index in [-0.39, 0.29) is 46.5 Å². The predicted molar refractivity (Wildman–Crippen MR) is 18.8 cm³/mol. The molecule has 0 bridgehead atoms. The van der Waals surface area contributed by atoms with Crippen molar-refractivity contribution in [1.82, 2.24) is 0 Å². The molecular weight excluding hydrogens is 167 g/mol. The SMILES string of the molecule is C=[C+]C[CH2-].[Cl-].[Cl-].[Ti+2]. The summed E-state index contributed by atoms with van der Waals surface area (Å²) >= 11 is 0. The minimum atomic E-state index is 0. The predicted octanol–water partition coefficient (Wildman–Crippen LogP) is -4.79. The molecule has 7 heavy (non-hydrogen) atoms. The van der Waals surface area contributed by atoms with Crippen LogP contribution < -0.4 is 24.8 Å². The first kappa shape index (κ1) is 24.6. The Kier molecular flexibility index (Phi) is 99.6. The van der Waals surface area contributed by atoms with Crippen molar-refractivity contribution in [1.29, 1.82) is 0 Å². The van der Waals surface area contributed by atoms with Crippen LogP contribution in [0.5, 0.6) is 0 Å². The first-order chi connectivity index (χ1) is 1.91. The summed E-state index contributed by atoms with van der Waals surface area (Å²) in [5, 5.41) is 0. The van der Waals surface area contributed by atoms with Gasteiger partial charge in [0.25, 0.3) is 0 Å². The topological polar surface area (TPSA) is 0 Å². The number of halogens is 2.